The third kappa shape index (κ3) is 1.16. The zero-order valence-electron chi connectivity index (χ0n) is 16.0. The van der Waals surface area contributed by atoms with E-state index in [-0.39, 0.29) is 23.2 Å². The summed E-state index contributed by atoms with van der Waals surface area (Å²) in [6, 6.07) is 8.22. The Morgan fingerprint density at radius 2 is 2.07 bits per heavy atom. The minimum absolute atomic E-state index is 0.0328. The summed E-state index contributed by atoms with van der Waals surface area (Å²) in [5.74, 6) is -0.287. The lowest BCUT2D eigenvalue weighted by Crippen LogP contribution is -2.82. The quantitative estimate of drug-likeness (QED) is 0.744. The fourth-order valence-corrected chi connectivity index (χ4v) is 9.19. The van der Waals surface area contributed by atoms with Crippen molar-refractivity contribution in [3.8, 4) is 0 Å². The summed E-state index contributed by atoms with van der Waals surface area (Å²) in [5.41, 5.74) is -1.04. The number of methoxy groups -OCH3 is 1. The highest BCUT2D eigenvalue weighted by Gasteiger charge is 2.93. The molecule has 0 aromatic heterocycles. The number of aliphatic hydroxyl groups is 1. The van der Waals surface area contributed by atoms with E-state index in [1.165, 1.54) is 7.11 Å². The number of Topliss-reactive ketones (excluding diaryl/α,β-unsaturated/α-hetero) is 1. The first-order valence-corrected chi connectivity index (χ1v) is 10.5. The average molecular weight is 380 g/mol. The molecular formula is C22H24N2O4. The molecule has 6 fully saturated rings. The van der Waals surface area contributed by atoms with E-state index in [1.807, 2.05) is 18.2 Å². The second-order valence-electron chi connectivity index (χ2n) is 9.87. The zero-order chi connectivity index (χ0) is 19.1. The maximum absolute atomic E-state index is 13.8. The first kappa shape index (κ1) is 15.9. The Bertz CT molecular complexity index is 979. The molecule has 1 aromatic rings. The van der Waals surface area contributed by atoms with Crippen molar-refractivity contribution in [1.82, 2.24) is 4.90 Å². The summed E-state index contributed by atoms with van der Waals surface area (Å²) in [6.07, 6.45) is 3.84. The molecule has 0 radical (unpaired) electrons. The van der Waals surface area contributed by atoms with E-state index in [0.29, 0.717) is 19.4 Å². The minimum atomic E-state index is -1.48. The van der Waals surface area contributed by atoms with Crippen LogP contribution in [0.1, 0.15) is 37.7 Å². The van der Waals surface area contributed by atoms with Crippen LogP contribution in [0, 0.1) is 11.3 Å². The molecule has 1 amide bonds. The number of rotatable bonds is 0. The van der Waals surface area contributed by atoms with Crippen molar-refractivity contribution in [3.63, 3.8) is 0 Å². The Labute approximate surface area is 163 Å². The summed E-state index contributed by atoms with van der Waals surface area (Å²) >= 11 is 0. The molecule has 3 spiro atoms. The molecule has 28 heavy (non-hydrogen) atoms. The molecule has 3 heterocycles. The number of amides is 1. The van der Waals surface area contributed by atoms with Crippen LogP contribution in [-0.4, -0.2) is 59.3 Å². The van der Waals surface area contributed by atoms with E-state index in [4.69, 9.17) is 4.74 Å². The predicted molar refractivity (Wildman–Crippen MR) is 100 cm³/mol. The lowest BCUT2D eigenvalue weighted by molar-refractivity contribution is -0.194. The monoisotopic (exact) mass is 380 g/mol. The van der Waals surface area contributed by atoms with Crippen molar-refractivity contribution in [3.05, 3.63) is 29.8 Å². The van der Waals surface area contributed by atoms with Gasteiger partial charge >= 0.3 is 6.09 Å². The van der Waals surface area contributed by atoms with Crippen LogP contribution in [0.5, 0.6) is 0 Å². The SMILES string of the molecule is COC(=O)N1c2ccccc2[C@@]23[C@@H]4N5CCC[C@@]46CC[C@@]12[C@](O)(C6)C(=O)[C@@H]3C5. The second-order valence-corrected chi connectivity index (χ2v) is 9.87. The molecule has 8 rings (SSSR count). The highest BCUT2D eigenvalue weighted by molar-refractivity contribution is 6.07. The first-order valence-electron chi connectivity index (χ1n) is 10.5. The number of carbonyl (C=O) groups excluding carboxylic acids is 2. The third-order valence-electron chi connectivity index (χ3n) is 9.48. The third-order valence-corrected chi connectivity index (χ3v) is 9.48. The zero-order valence-corrected chi connectivity index (χ0v) is 16.0. The van der Waals surface area contributed by atoms with E-state index in [2.05, 4.69) is 11.0 Å². The molecule has 6 nitrogen and oxygen atoms in total. The Morgan fingerprint density at radius 1 is 1.25 bits per heavy atom. The van der Waals surface area contributed by atoms with Gasteiger partial charge in [-0.05, 0) is 55.7 Å². The largest absolute Gasteiger partial charge is 0.452 e. The van der Waals surface area contributed by atoms with Gasteiger partial charge in [-0.25, -0.2) is 4.79 Å². The van der Waals surface area contributed by atoms with Gasteiger partial charge in [0.15, 0.2) is 5.78 Å². The fraction of sp³-hybridized carbons (Fsp3) is 0.636. The number of carbonyl (C=O) groups is 2. The van der Waals surface area contributed by atoms with Crippen molar-refractivity contribution < 1.29 is 19.4 Å². The predicted octanol–water partition coefficient (Wildman–Crippen LogP) is 1.84. The van der Waals surface area contributed by atoms with Gasteiger partial charge in [-0.15, -0.1) is 0 Å². The molecule has 6 atom stereocenters. The van der Waals surface area contributed by atoms with Crippen LogP contribution in [-0.2, 0) is 14.9 Å². The van der Waals surface area contributed by atoms with Crippen LogP contribution in [0.25, 0.3) is 0 Å². The van der Waals surface area contributed by atoms with Gasteiger partial charge in [0, 0.05) is 18.5 Å². The highest BCUT2D eigenvalue weighted by atomic mass is 16.5. The van der Waals surface area contributed by atoms with Crippen LogP contribution in [0.4, 0.5) is 10.5 Å². The molecule has 7 aliphatic rings. The Balaban J connectivity index is 1.65. The molecule has 4 aliphatic carbocycles. The van der Waals surface area contributed by atoms with Crippen LogP contribution in [0.15, 0.2) is 24.3 Å². The van der Waals surface area contributed by atoms with Gasteiger partial charge in [-0.3, -0.25) is 14.6 Å². The van der Waals surface area contributed by atoms with Crippen LogP contribution >= 0.6 is 0 Å². The van der Waals surface area contributed by atoms with Gasteiger partial charge in [-0.1, -0.05) is 18.2 Å². The summed E-state index contributed by atoms with van der Waals surface area (Å²) < 4.78 is 5.22. The van der Waals surface area contributed by atoms with Gasteiger partial charge in [0.25, 0.3) is 0 Å². The molecule has 4 bridgehead atoms. The number of hydrogen-bond donors (Lipinski definition) is 1. The second kappa shape index (κ2) is 4.31. The van der Waals surface area contributed by atoms with Crippen molar-refractivity contribution in [1.29, 1.82) is 0 Å². The molecule has 3 aliphatic heterocycles. The smallest absolute Gasteiger partial charge is 0.414 e. The Hall–Kier alpha value is -1.92. The molecule has 146 valence electrons. The van der Waals surface area contributed by atoms with E-state index >= 15 is 0 Å². The van der Waals surface area contributed by atoms with Crippen LogP contribution in [0.3, 0.4) is 0 Å². The number of fused-ring (bicyclic) bond motifs is 2. The summed E-state index contributed by atoms with van der Waals surface area (Å²) in [4.78, 5) is 31.1. The lowest BCUT2D eigenvalue weighted by atomic mass is 9.40. The van der Waals surface area contributed by atoms with Crippen molar-refractivity contribution in [2.24, 2.45) is 11.3 Å². The highest BCUT2D eigenvalue weighted by Crippen LogP contribution is 2.81. The van der Waals surface area contributed by atoms with E-state index in [9.17, 15) is 14.7 Å². The maximum atomic E-state index is 13.8. The topological polar surface area (TPSA) is 70.1 Å². The first-order chi connectivity index (χ1) is 13.5. The van der Waals surface area contributed by atoms with Gasteiger partial charge in [-0.2, -0.15) is 0 Å². The summed E-state index contributed by atoms with van der Waals surface area (Å²) in [7, 11) is 1.39. The number of ketones is 1. The van der Waals surface area contributed by atoms with Crippen molar-refractivity contribution in [2.75, 3.05) is 25.1 Å². The van der Waals surface area contributed by atoms with Crippen LogP contribution in [0.2, 0.25) is 0 Å². The summed E-state index contributed by atoms with van der Waals surface area (Å²) in [5, 5.41) is 12.1. The fourth-order valence-electron chi connectivity index (χ4n) is 9.19. The number of hydrogen-bond acceptors (Lipinski definition) is 5. The summed E-state index contributed by atoms with van der Waals surface area (Å²) in [6.45, 7) is 1.71. The molecule has 6 heteroatoms. The number of anilines is 1. The molecule has 4 saturated carbocycles. The van der Waals surface area contributed by atoms with Gasteiger partial charge in [0.1, 0.15) is 5.60 Å². The number of para-hydroxylation sites is 1. The lowest BCUT2D eigenvalue weighted by Gasteiger charge is -2.69. The Morgan fingerprint density at radius 3 is 2.89 bits per heavy atom. The van der Waals surface area contributed by atoms with Crippen LogP contribution < -0.4 is 4.90 Å². The van der Waals surface area contributed by atoms with Gasteiger partial charge in [0.05, 0.1) is 23.8 Å². The van der Waals surface area contributed by atoms with Crippen molar-refractivity contribution in [2.45, 2.75) is 54.7 Å². The molecular weight excluding hydrogens is 356 g/mol. The minimum Gasteiger partial charge on any atom is -0.452 e. The van der Waals surface area contributed by atoms with E-state index in [1.54, 1.807) is 4.90 Å². The Kier molecular flexibility index (Phi) is 2.45. The van der Waals surface area contributed by atoms with Crippen molar-refractivity contribution >= 4 is 17.6 Å². The van der Waals surface area contributed by atoms with Gasteiger partial charge < -0.3 is 9.84 Å². The molecule has 1 N–H and O–H groups in total. The number of ether oxygens (including phenoxy) is 1. The van der Waals surface area contributed by atoms with Gasteiger partial charge in [0.2, 0.25) is 0 Å². The average Bonchev–Trinajstić information content (AvgIpc) is 3.23. The number of nitrogens with zero attached hydrogens (tertiary/aromatic N) is 2. The molecule has 1 aromatic carbocycles. The normalized spacial score (nSPS) is 49.4. The number of piperidine rings is 1. The molecule has 2 saturated heterocycles. The number of benzene rings is 1. The molecule has 0 unspecified atom stereocenters. The van der Waals surface area contributed by atoms with E-state index in [0.717, 1.165) is 37.1 Å². The standard InChI is InChI=1S/C22H24N2O4/c1-28-18(26)24-15-6-3-2-5-13(15)22-14-11-23-10-4-7-19(17(22)23)8-9-21(22,24)20(27,12-19)16(14)25/h2-3,5-6,14,17,27H,4,7-12H2,1H3/t14-,17+,19-,20-,21-,22+/m0/s1. The van der Waals surface area contributed by atoms with E-state index < -0.39 is 22.6 Å². The maximum Gasteiger partial charge on any atom is 0.414 e.